The highest BCUT2D eigenvalue weighted by Crippen LogP contribution is 2.45. The summed E-state index contributed by atoms with van der Waals surface area (Å²) < 4.78 is 5.75. The third-order valence-electron chi connectivity index (χ3n) is 4.52. The van der Waals surface area contributed by atoms with Crippen LogP contribution in [0.1, 0.15) is 57.4 Å². The van der Waals surface area contributed by atoms with Crippen molar-refractivity contribution in [2.75, 3.05) is 6.54 Å². The van der Waals surface area contributed by atoms with E-state index >= 15 is 0 Å². The molecule has 3 heteroatoms. The molecule has 0 bridgehead atoms. The summed E-state index contributed by atoms with van der Waals surface area (Å²) in [5.41, 5.74) is 1.78. The highest BCUT2D eigenvalue weighted by atomic mass is 16.5. The molecule has 104 valence electrons. The van der Waals surface area contributed by atoms with Gasteiger partial charge in [-0.05, 0) is 70.0 Å². The Bertz CT molecular complexity index is 438. The average molecular weight is 260 g/mol. The minimum atomic E-state index is 0.212. The fourth-order valence-electron chi connectivity index (χ4n) is 3.66. The van der Waals surface area contributed by atoms with E-state index in [2.05, 4.69) is 30.2 Å². The molecule has 1 N–H and O–H groups in total. The molecule has 2 aliphatic rings. The van der Waals surface area contributed by atoms with E-state index in [1.807, 2.05) is 12.4 Å². The van der Waals surface area contributed by atoms with Gasteiger partial charge in [0, 0.05) is 11.7 Å². The van der Waals surface area contributed by atoms with Gasteiger partial charge in [0.05, 0.1) is 12.3 Å². The zero-order valence-electron chi connectivity index (χ0n) is 12.0. The molecule has 2 heterocycles. The quantitative estimate of drug-likeness (QED) is 0.905. The molecule has 0 aromatic carbocycles. The molecule has 1 spiro atoms. The summed E-state index contributed by atoms with van der Waals surface area (Å²) in [6, 6.07) is 2.19. The maximum atomic E-state index is 5.75. The number of nitrogens with one attached hydrogen (secondary N) is 1. The molecule has 2 unspecified atom stereocenters. The van der Waals surface area contributed by atoms with Crippen LogP contribution in [0.5, 0.6) is 5.75 Å². The minimum absolute atomic E-state index is 0.212. The van der Waals surface area contributed by atoms with E-state index in [0.717, 1.165) is 5.75 Å². The lowest BCUT2D eigenvalue weighted by atomic mass is 9.92. The predicted octanol–water partition coefficient (Wildman–Crippen LogP) is 3.26. The standard InChI is InChI=1S/C16H24N2O/c1-12(2)19-15-8-14(10-17-11-15)13-4-6-16(9-13)5-3-7-18-16/h8,10-13,18H,3-7,9H2,1-2H3. The number of hydrogen-bond donors (Lipinski definition) is 1. The molecular formula is C16H24N2O. The van der Waals surface area contributed by atoms with Gasteiger partial charge in [-0.25, -0.2) is 0 Å². The normalized spacial score (nSPS) is 30.4. The number of aromatic nitrogens is 1. The lowest BCUT2D eigenvalue weighted by Crippen LogP contribution is -2.36. The van der Waals surface area contributed by atoms with Crippen LogP contribution in [0.3, 0.4) is 0 Å². The minimum Gasteiger partial charge on any atom is -0.489 e. The van der Waals surface area contributed by atoms with E-state index in [-0.39, 0.29) is 6.10 Å². The fourth-order valence-corrected chi connectivity index (χ4v) is 3.66. The summed E-state index contributed by atoms with van der Waals surface area (Å²) >= 11 is 0. The Labute approximate surface area is 115 Å². The van der Waals surface area contributed by atoms with Crippen LogP contribution in [-0.4, -0.2) is 23.2 Å². The van der Waals surface area contributed by atoms with Crippen LogP contribution in [-0.2, 0) is 0 Å². The molecule has 2 fully saturated rings. The lowest BCUT2D eigenvalue weighted by molar-refractivity contribution is 0.241. The van der Waals surface area contributed by atoms with Gasteiger partial charge in [0.25, 0.3) is 0 Å². The van der Waals surface area contributed by atoms with E-state index in [1.165, 1.54) is 44.2 Å². The summed E-state index contributed by atoms with van der Waals surface area (Å²) in [4.78, 5) is 4.35. The van der Waals surface area contributed by atoms with Gasteiger partial charge >= 0.3 is 0 Å². The molecule has 19 heavy (non-hydrogen) atoms. The Hall–Kier alpha value is -1.09. The van der Waals surface area contributed by atoms with Crippen molar-refractivity contribution in [1.82, 2.24) is 10.3 Å². The molecule has 0 radical (unpaired) electrons. The van der Waals surface area contributed by atoms with Crippen LogP contribution in [0.4, 0.5) is 0 Å². The van der Waals surface area contributed by atoms with Gasteiger partial charge in [-0.15, -0.1) is 0 Å². The largest absolute Gasteiger partial charge is 0.489 e. The predicted molar refractivity (Wildman–Crippen MR) is 76.6 cm³/mol. The number of pyridine rings is 1. The molecule has 1 aromatic heterocycles. The molecule has 1 saturated heterocycles. The Morgan fingerprint density at radius 1 is 1.37 bits per heavy atom. The Morgan fingerprint density at radius 2 is 2.26 bits per heavy atom. The summed E-state index contributed by atoms with van der Waals surface area (Å²) in [6.07, 6.45) is 10.6. The monoisotopic (exact) mass is 260 g/mol. The Kier molecular flexibility index (Phi) is 3.48. The van der Waals surface area contributed by atoms with E-state index in [9.17, 15) is 0 Å². The van der Waals surface area contributed by atoms with Crippen molar-refractivity contribution in [3.63, 3.8) is 0 Å². The second kappa shape index (κ2) is 5.12. The zero-order chi connectivity index (χ0) is 13.3. The molecule has 1 aromatic rings. The van der Waals surface area contributed by atoms with Gasteiger partial charge in [-0.2, -0.15) is 0 Å². The lowest BCUT2D eigenvalue weighted by Gasteiger charge is -2.23. The number of hydrogen-bond acceptors (Lipinski definition) is 3. The summed E-state index contributed by atoms with van der Waals surface area (Å²) in [7, 11) is 0. The topological polar surface area (TPSA) is 34.1 Å². The van der Waals surface area contributed by atoms with Crippen molar-refractivity contribution >= 4 is 0 Å². The van der Waals surface area contributed by atoms with Crippen molar-refractivity contribution in [1.29, 1.82) is 0 Å². The first-order valence-electron chi connectivity index (χ1n) is 7.54. The van der Waals surface area contributed by atoms with Gasteiger partial charge < -0.3 is 10.1 Å². The van der Waals surface area contributed by atoms with Crippen LogP contribution >= 0.6 is 0 Å². The van der Waals surface area contributed by atoms with E-state index in [1.54, 1.807) is 0 Å². The second-order valence-electron chi connectivity index (χ2n) is 6.37. The summed E-state index contributed by atoms with van der Waals surface area (Å²) in [5.74, 6) is 1.56. The van der Waals surface area contributed by atoms with E-state index in [0.29, 0.717) is 11.5 Å². The van der Waals surface area contributed by atoms with Crippen LogP contribution in [0.2, 0.25) is 0 Å². The molecule has 1 saturated carbocycles. The third kappa shape index (κ3) is 2.76. The van der Waals surface area contributed by atoms with E-state index in [4.69, 9.17) is 4.74 Å². The molecule has 2 atom stereocenters. The molecule has 0 amide bonds. The first-order valence-corrected chi connectivity index (χ1v) is 7.54. The van der Waals surface area contributed by atoms with Crippen LogP contribution in [0, 0.1) is 0 Å². The summed E-state index contributed by atoms with van der Waals surface area (Å²) in [6.45, 7) is 5.31. The molecule has 1 aliphatic heterocycles. The van der Waals surface area contributed by atoms with Gasteiger partial charge in [-0.1, -0.05) is 0 Å². The number of rotatable bonds is 3. The van der Waals surface area contributed by atoms with Gasteiger partial charge in [0.15, 0.2) is 0 Å². The molecule has 1 aliphatic carbocycles. The SMILES string of the molecule is CC(C)Oc1cncc(C2CCC3(CCCN3)C2)c1. The highest BCUT2D eigenvalue weighted by molar-refractivity contribution is 5.28. The second-order valence-corrected chi connectivity index (χ2v) is 6.37. The van der Waals surface area contributed by atoms with E-state index < -0.39 is 0 Å². The third-order valence-corrected chi connectivity index (χ3v) is 4.52. The highest BCUT2D eigenvalue weighted by Gasteiger charge is 2.41. The average Bonchev–Trinajstić information content (AvgIpc) is 3.00. The number of nitrogens with zero attached hydrogens (tertiary/aromatic N) is 1. The summed E-state index contributed by atoms with van der Waals surface area (Å²) in [5, 5.41) is 3.73. The van der Waals surface area contributed by atoms with Gasteiger partial charge in [0.2, 0.25) is 0 Å². The van der Waals surface area contributed by atoms with Crippen molar-refractivity contribution in [3.05, 3.63) is 24.0 Å². The molecule has 3 rings (SSSR count). The van der Waals surface area contributed by atoms with Crippen molar-refractivity contribution in [2.24, 2.45) is 0 Å². The van der Waals surface area contributed by atoms with Crippen LogP contribution < -0.4 is 10.1 Å². The number of ether oxygens (including phenoxy) is 1. The molecular weight excluding hydrogens is 236 g/mol. The Morgan fingerprint density at radius 3 is 3.00 bits per heavy atom. The van der Waals surface area contributed by atoms with Gasteiger partial charge in [0.1, 0.15) is 5.75 Å². The molecule has 3 nitrogen and oxygen atoms in total. The smallest absolute Gasteiger partial charge is 0.138 e. The van der Waals surface area contributed by atoms with Crippen molar-refractivity contribution < 1.29 is 4.74 Å². The van der Waals surface area contributed by atoms with Crippen molar-refractivity contribution in [2.45, 2.75) is 63.5 Å². The van der Waals surface area contributed by atoms with Crippen molar-refractivity contribution in [3.8, 4) is 5.75 Å². The Balaban J connectivity index is 1.72. The maximum Gasteiger partial charge on any atom is 0.138 e. The first kappa shape index (κ1) is 12.9. The first-order chi connectivity index (χ1) is 9.17. The zero-order valence-corrected chi connectivity index (χ0v) is 12.0. The van der Waals surface area contributed by atoms with Gasteiger partial charge in [-0.3, -0.25) is 4.98 Å². The fraction of sp³-hybridized carbons (Fsp3) is 0.688. The van der Waals surface area contributed by atoms with Crippen LogP contribution in [0.15, 0.2) is 18.5 Å². The van der Waals surface area contributed by atoms with Crippen LogP contribution in [0.25, 0.3) is 0 Å². The maximum absolute atomic E-state index is 5.75.